The van der Waals surface area contributed by atoms with E-state index >= 15 is 0 Å². The van der Waals surface area contributed by atoms with E-state index in [-0.39, 0.29) is 6.10 Å². The Kier molecular flexibility index (Phi) is 7.42. The molecule has 2 atom stereocenters. The third-order valence-electron chi connectivity index (χ3n) is 3.39. The largest absolute Gasteiger partial charge is 0.497 e. The monoisotopic (exact) mass is 329 g/mol. The van der Waals surface area contributed by atoms with Crippen molar-refractivity contribution in [2.75, 3.05) is 21.3 Å². The van der Waals surface area contributed by atoms with Crippen molar-refractivity contribution < 1.29 is 9.47 Å². The Labute approximate surface area is 124 Å². The van der Waals surface area contributed by atoms with E-state index in [2.05, 4.69) is 34.2 Å². The van der Waals surface area contributed by atoms with Crippen molar-refractivity contribution in [1.29, 1.82) is 0 Å². The van der Waals surface area contributed by atoms with Gasteiger partial charge in [-0.15, -0.1) is 0 Å². The first-order valence-electron chi connectivity index (χ1n) is 6.68. The minimum Gasteiger partial charge on any atom is -0.497 e. The van der Waals surface area contributed by atoms with Crippen LogP contribution in [0.4, 0.5) is 0 Å². The molecule has 1 aromatic rings. The van der Waals surface area contributed by atoms with Crippen molar-refractivity contribution in [2.24, 2.45) is 0 Å². The van der Waals surface area contributed by atoms with Crippen LogP contribution in [0.3, 0.4) is 0 Å². The molecule has 19 heavy (non-hydrogen) atoms. The average molecular weight is 330 g/mol. The zero-order chi connectivity index (χ0) is 14.3. The second-order valence-electron chi connectivity index (χ2n) is 4.62. The molecule has 0 radical (unpaired) electrons. The van der Waals surface area contributed by atoms with E-state index in [1.54, 1.807) is 14.2 Å². The fourth-order valence-corrected chi connectivity index (χ4v) is 2.67. The van der Waals surface area contributed by atoms with Crippen LogP contribution in [-0.4, -0.2) is 33.4 Å². The number of halogens is 1. The zero-order valence-electron chi connectivity index (χ0n) is 12.2. The highest BCUT2D eigenvalue weighted by atomic mass is 79.9. The van der Waals surface area contributed by atoms with Gasteiger partial charge < -0.3 is 14.8 Å². The maximum atomic E-state index is 5.60. The van der Waals surface area contributed by atoms with Gasteiger partial charge >= 0.3 is 0 Å². The third kappa shape index (κ3) is 4.79. The van der Waals surface area contributed by atoms with E-state index in [0.29, 0.717) is 6.04 Å². The van der Waals surface area contributed by atoms with Crippen molar-refractivity contribution in [3.05, 3.63) is 28.2 Å². The van der Waals surface area contributed by atoms with Crippen LogP contribution < -0.4 is 10.1 Å². The Morgan fingerprint density at radius 1 is 1.32 bits per heavy atom. The molecule has 0 amide bonds. The van der Waals surface area contributed by atoms with Gasteiger partial charge in [0.1, 0.15) is 5.75 Å². The Morgan fingerprint density at radius 2 is 2.05 bits per heavy atom. The van der Waals surface area contributed by atoms with Crippen LogP contribution in [0.1, 0.15) is 25.3 Å². The van der Waals surface area contributed by atoms with Gasteiger partial charge in [-0.2, -0.15) is 0 Å². The number of likely N-dealkylation sites (N-methyl/N-ethyl adjacent to an activating group) is 1. The standard InChI is InChI=1S/C15H24BrNO2/c1-5-6-15(19-4)14(17-2)10-11-9-12(18-3)7-8-13(11)16/h7-9,14-15,17H,5-6,10H2,1-4H3. The predicted molar refractivity (Wildman–Crippen MR) is 83.0 cm³/mol. The molecular weight excluding hydrogens is 306 g/mol. The van der Waals surface area contributed by atoms with Crippen molar-refractivity contribution in [3.8, 4) is 5.75 Å². The lowest BCUT2D eigenvalue weighted by Gasteiger charge is -2.26. The summed E-state index contributed by atoms with van der Waals surface area (Å²) in [5.41, 5.74) is 1.23. The molecule has 0 spiro atoms. The lowest BCUT2D eigenvalue weighted by Crippen LogP contribution is -2.40. The highest BCUT2D eigenvalue weighted by molar-refractivity contribution is 9.10. The molecule has 0 aliphatic heterocycles. The van der Waals surface area contributed by atoms with Gasteiger partial charge in [0.05, 0.1) is 13.2 Å². The Balaban J connectivity index is 2.84. The molecule has 0 aliphatic rings. The van der Waals surface area contributed by atoms with Gasteiger partial charge in [0.15, 0.2) is 0 Å². The van der Waals surface area contributed by atoms with Gasteiger partial charge in [0, 0.05) is 17.6 Å². The van der Waals surface area contributed by atoms with Crippen molar-refractivity contribution >= 4 is 15.9 Å². The molecule has 0 fully saturated rings. The second-order valence-corrected chi connectivity index (χ2v) is 5.47. The van der Waals surface area contributed by atoms with Gasteiger partial charge in [-0.1, -0.05) is 29.3 Å². The van der Waals surface area contributed by atoms with Crippen molar-refractivity contribution in [1.82, 2.24) is 5.32 Å². The van der Waals surface area contributed by atoms with Crippen LogP contribution in [-0.2, 0) is 11.2 Å². The summed E-state index contributed by atoms with van der Waals surface area (Å²) in [7, 11) is 5.46. The molecule has 0 heterocycles. The number of ether oxygens (including phenoxy) is 2. The summed E-state index contributed by atoms with van der Waals surface area (Å²) >= 11 is 3.60. The Hall–Kier alpha value is -0.580. The topological polar surface area (TPSA) is 30.5 Å². The first kappa shape index (κ1) is 16.5. The van der Waals surface area contributed by atoms with Crippen LogP contribution in [0.15, 0.2) is 22.7 Å². The molecule has 0 saturated heterocycles. The van der Waals surface area contributed by atoms with Gasteiger partial charge in [-0.3, -0.25) is 0 Å². The number of hydrogen-bond acceptors (Lipinski definition) is 3. The smallest absolute Gasteiger partial charge is 0.119 e. The van der Waals surface area contributed by atoms with Gasteiger partial charge in [-0.25, -0.2) is 0 Å². The average Bonchev–Trinajstić information content (AvgIpc) is 2.44. The molecule has 108 valence electrons. The molecule has 1 rings (SSSR count). The highest BCUT2D eigenvalue weighted by Gasteiger charge is 2.20. The van der Waals surface area contributed by atoms with Crippen LogP contribution in [0, 0.1) is 0 Å². The molecule has 4 heteroatoms. The van der Waals surface area contributed by atoms with E-state index in [1.165, 1.54) is 5.56 Å². The van der Waals surface area contributed by atoms with Gasteiger partial charge in [-0.05, 0) is 43.7 Å². The normalized spacial score (nSPS) is 14.2. The number of methoxy groups -OCH3 is 2. The first-order chi connectivity index (χ1) is 9.15. The van der Waals surface area contributed by atoms with E-state index < -0.39 is 0 Å². The number of hydrogen-bond donors (Lipinski definition) is 1. The molecule has 1 aromatic carbocycles. The molecule has 2 unspecified atom stereocenters. The Morgan fingerprint density at radius 3 is 2.58 bits per heavy atom. The lowest BCUT2D eigenvalue weighted by molar-refractivity contribution is 0.0632. The lowest BCUT2D eigenvalue weighted by atomic mass is 9.98. The predicted octanol–water partition coefficient (Wildman–Crippen LogP) is 3.40. The van der Waals surface area contributed by atoms with Crippen LogP contribution in [0.25, 0.3) is 0 Å². The van der Waals surface area contributed by atoms with E-state index in [1.807, 2.05) is 19.2 Å². The molecule has 0 aliphatic carbocycles. The van der Waals surface area contributed by atoms with E-state index in [0.717, 1.165) is 29.5 Å². The molecule has 0 bridgehead atoms. The summed E-state index contributed by atoms with van der Waals surface area (Å²) in [6, 6.07) is 6.37. The molecule has 3 nitrogen and oxygen atoms in total. The summed E-state index contributed by atoms with van der Waals surface area (Å²) in [6.07, 6.45) is 3.32. The van der Waals surface area contributed by atoms with E-state index in [4.69, 9.17) is 9.47 Å². The fourth-order valence-electron chi connectivity index (χ4n) is 2.26. The van der Waals surface area contributed by atoms with Gasteiger partial charge in [0.2, 0.25) is 0 Å². The highest BCUT2D eigenvalue weighted by Crippen LogP contribution is 2.25. The zero-order valence-corrected chi connectivity index (χ0v) is 13.8. The maximum Gasteiger partial charge on any atom is 0.119 e. The maximum absolute atomic E-state index is 5.60. The quantitative estimate of drug-likeness (QED) is 0.792. The summed E-state index contributed by atoms with van der Waals surface area (Å²) in [4.78, 5) is 0. The molecule has 1 N–H and O–H groups in total. The second kappa shape index (κ2) is 8.56. The SMILES string of the molecule is CCCC(OC)C(Cc1cc(OC)ccc1Br)NC. The van der Waals surface area contributed by atoms with Crippen molar-refractivity contribution in [2.45, 2.75) is 38.3 Å². The van der Waals surface area contributed by atoms with Crippen LogP contribution in [0.5, 0.6) is 5.75 Å². The Bertz CT molecular complexity index is 384. The molecular formula is C15H24BrNO2. The summed E-state index contributed by atoms with van der Waals surface area (Å²) in [5, 5.41) is 3.36. The number of nitrogens with one attached hydrogen (secondary N) is 1. The number of rotatable bonds is 8. The minimum atomic E-state index is 0.230. The number of benzene rings is 1. The van der Waals surface area contributed by atoms with E-state index in [9.17, 15) is 0 Å². The summed E-state index contributed by atoms with van der Waals surface area (Å²) in [5.74, 6) is 0.887. The fraction of sp³-hybridized carbons (Fsp3) is 0.600. The first-order valence-corrected chi connectivity index (χ1v) is 7.48. The van der Waals surface area contributed by atoms with Crippen LogP contribution >= 0.6 is 15.9 Å². The minimum absolute atomic E-state index is 0.230. The summed E-state index contributed by atoms with van der Waals surface area (Å²) < 4.78 is 12.0. The van der Waals surface area contributed by atoms with Crippen LogP contribution in [0.2, 0.25) is 0 Å². The van der Waals surface area contributed by atoms with Crippen molar-refractivity contribution in [3.63, 3.8) is 0 Å². The molecule has 0 aromatic heterocycles. The van der Waals surface area contributed by atoms with Gasteiger partial charge in [0.25, 0.3) is 0 Å². The molecule has 0 saturated carbocycles. The summed E-state index contributed by atoms with van der Waals surface area (Å²) in [6.45, 7) is 2.18. The third-order valence-corrected chi connectivity index (χ3v) is 4.16.